The summed E-state index contributed by atoms with van der Waals surface area (Å²) in [6, 6.07) is 12.2. The highest BCUT2D eigenvalue weighted by Gasteiger charge is 2.32. The zero-order valence-electron chi connectivity index (χ0n) is 13.6. The van der Waals surface area contributed by atoms with Crippen molar-refractivity contribution in [1.82, 2.24) is 0 Å². The number of methoxy groups -OCH3 is 1. The maximum absolute atomic E-state index is 12.6. The summed E-state index contributed by atoms with van der Waals surface area (Å²) in [6.07, 6.45) is -4.87. The Hall–Kier alpha value is -3.00. The Morgan fingerprint density at radius 2 is 1.81 bits per heavy atom. The Bertz CT molecular complexity index is 934. The van der Waals surface area contributed by atoms with Gasteiger partial charge in [-0.15, -0.1) is 13.2 Å². The zero-order valence-corrected chi connectivity index (χ0v) is 13.6. The van der Waals surface area contributed by atoms with Gasteiger partial charge in [0, 0.05) is 18.1 Å². The van der Waals surface area contributed by atoms with Crippen LogP contribution in [0, 0.1) is 0 Å². The van der Waals surface area contributed by atoms with Gasteiger partial charge in [-0.3, -0.25) is 4.79 Å². The topological polar surface area (TPSA) is 60.7 Å². The molecule has 0 radical (unpaired) electrons. The molecular weight excluding hydrogens is 351 g/mol. The summed E-state index contributed by atoms with van der Waals surface area (Å²) in [5, 5.41) is 3.09. The first-order chi connectivity index (χ1) is 12.4. The molecule has 1 heterocycles. The lowest BCUT2D eigenvalue weighted by molar-refractivity contribution is -0.274. The van der Waals surface area contributed by atoms with Crippen LogP contribution in [-0.4, -0.2) is 19.4 Å². The maximum Gasteiger partial charge on any atom is 0.573 e. The van der Waals surface area contributed by atoms with Crippen LogP contribution < -0.4 is 10.1 Å². The summed E-state index contributed by atoms with van der Waals surface area (Å²) >= 11 is 0. The second-order valence-corrected chi connectivity index (χ2v) is 5.34. The normalized spacial score (nSPS) is 11.5. The number of carbonyl (C=O) groups excluding carboxylic acids is 1. The molecule has 1 amide bonds. The predicted octanol–water partition coefficient (Wildman–Crippen LogP) is 4.73. The van der Waals surface area contributed by atoms with E-state index in [1.165, 1.54) is 25.3 Å². The molecule has 2 aromatic carbocycles. The molecule has 0 unspecified atom stereocenters. The Labute approximate surface area is 146 Å². The van der Waals surface area contributed by atoms with Crippen LogP contribution >= 0.6 is 0 Å². The number of alkyl halides is 3. The number of ether oxygens (including phenoxy) is 2. The van der Waals surface area contributed by atoms with Crippen LogP contribution in [0.5, 0.6) is 5.75 Å². The van der Waals surface area contributed by atoms with Gasteiger partial charge >= 0.3 is 6.36 Å². The third kappa shape index (κ3) is 3.80. The SMILES string of the molecule is COCc1c(C(=O)Nc2ccccc2OC(F)(F)F)oc2ccccc12. The van der Waals surface area contributed by atoms with Gasteiger partial charge in [-0.1, -0.05) is 30.3 Å². The number of halogens is 3. The van der Waals surface area contributed by atoms with Crippen molar-refractivity contribution in [3.8, 4) is 5.75 Å². The fourth-order valence-electron chi connectivity index (χ4n) is 2.53. The van der Waals surface area contributed by atoms with Crippen LogP contribution in [0.1, 0.15) is 16.1 Å². The molecule has 0 fully saturated rings. The quantitative estimate of drug-likeness (QED) is 0.710. The van der Waals surface area contributed by atoms with Crippen molar-refractivity contribution in [2.75, 3.05) is 12.4 Å². The molecule has 0 saturated carbocycles. The largest absolute Gasteiger partial charge is 0.573 e. The number of amides is 1. The lowest BCUT2D eigenvalue weighted by atomic mass is 10.1. The van der Waals surface area contributed by atoms with Crippen LogP contribution in [-0.2, 0) is 11.3 Å². The van der Waals surface area contributed by atoms with Crippen molar-refractivity contribution in [2.45, 2.75) is 13.0 Å². The van der Waals surface area contributed by atoms with E-state index >= 15 is 0 Å². The van der Waals surface area contributed by atoms with Crippen LogP contribution in [0.2, 0.25) is 0 Å². The molecule has 26 heavy (non-hydrogen) atoms. The van der Waals surface area contributed by atoms with Gasteiger partial charge in [0.05, 0.1) is 12.3 Å². The highest BCUT2D eigenvalue weighted by Crippen LogP contribution is 2.32. The molecule has 0 spiro atoms. The van der Waals surface area contributed by atoms with Crippen molar-refractivity contribution in [1.29, 1.82) is 0 Å². The van der Waals surface area contributed by atoms with Gasteiger partial charge in [0.1, 0.15) is 5.58 Å². The molecule has 0 bridgehead atoms. The molecule has 0 aliphatic carbocycles. The third-order valence-corrected chi connectivity index (χ3v) is 3.55. The lowest BCUT2D eigenvalue weighted by Gasteiger charge is -2.13. The monoisotopic (exact) mass is 365 g/mol. The minimum Gasteiger partial charge on any atom is -0.451 e. The standard InChI is InChI=1S/C18H14F3NO4/c1-24-10-12-11-6-2-4-8-14(11)25-16(12)17(23)22-13-7-3-5-9-15(13)26-18(19,20)21/h2-9H,10H2,1H3,(H,22,23). The smallest absolute Gasteiger partial charge is 0.451 e. The van der Waals surface area contributed by atoms with Crippen molar-refractivity contribution in [3.05, 3.63) is 59.9 Å². The van der Waals surface area contributed by atoms with Gasteiger partial charge < -0.3 is 19.2 Å². The van der Waals surface area contributed by atoms with Crippen LogP contribution in [0.3, 0.4) is 0 Å². The van der Waals surface area contributed by atoms with E-state index in [2.05, 4.69) is 10.1 Å². The van der Waals surface area contributed by atoms with E-state index in [4.69, 9.17) is 9.15 Å². The molecule has 0 atom stereocenters. The van der Waals surface area contributed by atoms with Gasteiger partial charge in [0.15, 0.2) is 11.5 Å². The molecule has 3 aromatic rings. The second kappa shape index (κ2) is 7.09. The predicted molar refractivity (Wildman–Crippen MR) is 88.0 cm³/mol. The molecular formula is C18H14F3NO4. The molecule has 0 saturated heterocycles. The molecule has 0 aliphatic heterocycles. The number of anilines is 1. The Kier molecular flexibility index (Phi) is 4.85. The van der Waals surface area contributed by atoms with Gasteiger partial charge in [0.25, 0.3) is 5.91 Å². The van der Waals surface area contributed by atoms with E-state index in [-0.39, 0.29) is 18.1 Å². The average molecular weight is 365 g/mol. The van der Waals surface area contributed by atoms with E-state index in [9.17, 15) is 18.0 Å². The molecule has 0 aliphatic rings. The van der Waals surface area contributed by atoms with E-state index in [0.29, 0.717) is 16.5 Å². The van der Waals surface area contributed by atoms with Crippen molar-refractivity contribution < 1.29 is 31.9 Å². The molecule has 3 rings (SSSR count). The van der Waals surface area contributed by atoms with Crippen molar-refractivity contribution >= 4 is 22.6 Å². The van der Waals surface area contributed by atoms with Crippen molar-refractivity contribution in [3.63, 3.8) is 0 Å². The molecule has 136 valence electrons. The van der Waals surface area contributed by atoms with Gasteiger partial charge in [-0.25, -0.2) is 0 Å². The highest BCUT2D eigenvalue weighted by atomic mass is 19.4. The van der Waals surface area contributed by atoms with Gasteiger partial charge in [-0.05, 0) is 18.2 Å². The second-order valence-electron chi connectivity index (χ2n) is 5.34. The summed E-state index contributed by atoms with van der Waals surface area (Å²) in [6.45, 7) is 0.112. The number of hydrogen-bond acceptors (Lipinski definition) is 4. The first-order valence-electron chi connectivity index (χ1n) is 7.54. The summed E-state index contributed by atoms with van der Waals surface area (Å²) in [4.78, 5) is 12.6. The van der Waals surface area contributed by atoms with Crippen molar-refractivity contribution in [2.24, 2.45) is 0 Å². The number of benzene rings is 2. The van der Waals surface area contributed by atoms with E-state index < -0.39 is 18.0 Å². The fourth-order valence-corrected chi connectivity index (χ4v) is 2.53. The number of hydrogen-bond donors (Lipinski definition) is 1. The number of para-hydroxylation sites is 3. The van der Waals surface area contributed by atoms with Crippen LogP contribution in [0.4, 0.5) is 18.9 Å². The Morgan fingerprint density at radius 3 is 2.54 bits per heavy atom. The first kappa shape index (κ1) is 17.8. The van der Waals surface area contributed by atoms with Crippen LogP contribution in [0.25, 0.3) is 11.0 Å². The van der Waals surface area contributed by atoms with Crippen LogP contribution in [0.15, 0.2) is 52.9 Å². The summed E-state index contributed by atoms with van der Waals surface area (Å²) in [5.41, 5.74) is 0.859. The molecule has 8 heteroatoms. The maximum atomic E-state index is 12.6. The average Bonchev–Trinajstić information content (AvgIpc) is 2.95. The number of carbonyl (C=O) groups is 1. The summed E-state index contributed by atoms with van der Waals surface area (Å²) < 4.78 is 52.2. The first-order valence-corrected chi connectivity index (χ1v) is 7.54. The van der Waals surface area contributed by atoms with E-state index in [0.717, 1.165) is 6.07 Å². The van der Waals surface area contributed by atoms with E-state index in [1.54, 1.807) is 24.3 Å². The third-order valence-electron chi connectivity index (χ3n) is 3.55. The fraction of sp³-hybridized carbons (Fsp3) is 0.167. The molecule has 1 N–H and O–H groups in total. The number of nitrogens with one attached hydrogen (secondary N) is 1. The Balaban J connectivity index is 1.94. The molecule has 5 nitrogen and oxygen atoms in total. The highest BCUT2D eigenvalue weighted by molar-refractivity contribution is 6.07. The Morgan fingerprint density at radius 1 is 1.12 bits per heavy atom. The summed E-state index contributed by atoms with van der Waals surface area (Å²) in [5.74, 6) is -1.25. The van der Waals surface area contributed by atoms with Gasteiger partial charge in [-0.2, -0.15) is 0 Å². The lowest BCUT2D eigenvalue weighted by Crippen LogP contribution is -2.19. The number of rotatable bonds is 5. The minimum atomic E-state index is -4.87. The zero-order chi connectivity index (χ0) is 18.7. The number of fused-ring (bicyclic) bond motifs is 1. The van der Waals surface area contributed by atoms with E-state index in [1.807, 2.05) is 0 Å². The minimum absolute atomic E-state index is 0.0325. The van der Waals surface area contributed by atoms with Gasteiger partial charge in [0.2, 0.25) is 0 Å². The number of furan rings is 1. The summed E-state index contributed by atoms with van der Waals surface area (Å²) in [7, 11) is 1.47. The molecule has 1 aromatic heterocycles.